The van der Waals surface area contributed by atoms with E-state index in [-0.39, 0.29) is 10.9 Å². The van der Waals surface area contributed by atoms with E-state index in [1.165, 1.54) is 12.1 Å². The molecule has 0 saturated heterocycles. The van der Waals surface area contributed by atoms with Crippen LogP contribution in [0.5, 0.6) is 0 Å². The molecule has 0 aliphatic rings. The molecule has 1 aromatic carbocycles. The van der Waals surface area contributed by atoms with E-state index in [0.717, 1.165) is 18.6 Å². The molecule has 1 rings (SSSR count). The van der Waals surface area contributed by atoms with Crippen LogP contribution in [0.3, 0.4) is 0 Å². The van der Waals surface area contributed by atoms with E-state index in [4.69, 9.17) is 5.73 Å². The van der Waals surface area contributed by atoms with Crippen LogP contribution >= 0.6 is 0 Å². The van der Waals surface area contributed by atoms with Gasteiger partial charge in [0.05, 0.1) is 4.90 Å². The molecule has 0 radical (unpaired) electrons. The molecule has 4 nitrogen and oxygen atoms in total. The second kappa shape index (κ2) is 6.09. The molecule has 0 spiro atoms. The molecule has 17 heavy (non-hydrogen) atoms. The van der Waals surface area contributed by atoms with Crippen molar-refractivity contribution in [1.29, 1.82) is 0 Å². The van der Waals surface area contributed by atoms with Crippen molar-refractivity contribution in [1.82, 2.24) is 4.72 Å². The van der Waals surface area contributed by atoms with Crippen molar-refractivity contribution in [2.24, 2.45) is 5.73 Å². The van der Waals surface area contributed by atoms with Crippen LogP contribution in [0.25, 0.3) is 0 Å². The molecule has 0 aromatic heterocycles. The lowest BCUT2D eigenvalue weighted by atomic mass is 10.2. The summed E-state index contributed by atoms with van der Waals surface area (Å²) in [6, 6.07) is 4.78. The minimum atomic E-state index is -3.53. The lowest BCUT2D eigenvalue weighted by Crippen LogP contribution is -2.26. The quantitative estimate of drug-likeness (QED) is 0.756. The summed E-state index contributed by atoms with van der Waals surface area (Å²) in [7, 11) is -3.53. The first kappa shape index (κ1) is 14.1. The Bertz CT molecular complexity index is 443. The van der Waals surface area contributed by atoms with Crippen LogP contribution in [0, 0.1) is 5.82 Å². The Morgan fingerprint density at radius 2 is 1.94 bits per heavy atom. The van der Waals surface area contributed by atoms with Crippen molar-refractivity contribution in [3.8, 4) is 0 Å². The van der Waals surface area contributed by atoms with Gasteiger partial charge in [0.15, 0.2) is 0 Å². The van der Waals surface area contributed by atoms with Crippen molar-refractivity contribution in [3.05, 3.63) is 30.1 Å². The highest BCUT2D eigenvalue weighted by molar-refractivity contribution is 7.89. The van der Waals surface area contributed by atoms with E-state index in [1.54, 1.807) is 0 Å². The first-order valence-corrected chi connectivity index (χ1v) is 6.91. The largest absolute Gasteiger partial charge is 0.328 e. The summed E-state index contributed by atoms with van der Waals surface area (Å²) < 4.78 is 38.5. The Balaban J connectivity index is 2.54. The van der Waals surface area contributed by atoms with Crippen molar-refractivity contribution >= 4 is 10.0 Å². The predicted molar refractivity (Wildman–Crippen MR) is 64.5 cm³/mol. The van der Waals surface area contributed by atoms with Gasteiger partial charge in [-0.1, -0.05) is 0 Å². The molecule has 6 heteroatoms. The zero-order valence-electron chi connectivity index (χ0n) is 9.69. The molecular formula is C11H17FN2O2S. The van der Waals surface area contributed by atoms with E-state index >= 15 is 0 Å². The predicted octanol–water partition coefficient (Wildman–Crippen LogP) is 1.23. The van der Waals surface area contributed by atoms with Crippen LogP contribution < -0.4 is 10.5 Å². The van der Waals surface area contributed by atoms with Gasteiger partial charge in [0.25, 0.3) is 0 Å². The maximum atomic E-state index is 12.6. The minimum absolute atomic E-state index is 0.0605. The molecule has 0 heterocycles. The molecule has 0 aliphatic heterocycles. The smallest absolute Gasteiger partial charge is 0.240 e. The molecule has 0 saturated carbocycles. The van der Waals surface area contributed by atoms with Crippen LogP contribution in [0.2, 0.25) is 0 Å². The second-order valence-electron chi connectivity index (χ2n) is 3.97. The topological polar surface area (TPSA) is 72.2 Å². The fourth-order valence-electron chi connectivity index (χ4n) is 1.33. The second-order valence-corrected chi connectivity index (χ2v) is 5.74. The third kappa shape index (κ3) is 4.80. The average molecular weight is 260 g/mol. The average Bonchev–Trinajstić information content (AvgIpc) is 2.25. The van der Waals surface area contributed by atoms with Crippen LogP contribution in [0.4, 0.5) is 4.39 Å². The number of benzene rings is 1. The Kier molecular flexibility index (Phi) is 5.04. The molecule has 1 unspecified atom stereocenters. The van der Waals surface area contributed by atoms with E-state index in [9.17, 15) is 12.8 Å². The number of sulfonamides is 1. The Morgan fingerprint density at radius 3 is 2.47 bits per heavy atom. The van der Waals surface area contributed by atoms with E-state index in [1.807, 2.05) is 6.92 Å². The molecule has 0 fully saturated rings. The summed E-state index contributed by atoms with van der Waals surface area (Å²) in [6.07, 6.45) is 1.43. The molecule has 0 amide bonds. The number of hydrogen-bond acceptors (Lipinski definition) is 3. The molecule has 0 aliphatic carbocycles. The van der Waals surface area contributed by atoms with Crippen LogP contribution in [0.15, 0.2) is 29.2 Å². The van der Waals surface area contributed by atoms with Crippen molar-refractivity contribution in [2.75, 3.05) is 6.54 Å². The highest BCUT2D eigenvalue weighted by Gasteiger charge is 2.12. The molecular weight excluding hydrogens is 243 g/mol. The van der Waals surface area contributed by atoms with Crippen molar-refractivity contribution < 1.29 is 12.8 Å². The van der Waals surface area contributed by atoms with Gasteiger partial charge in [-0.25, -0.2) is 17.5 Å². The molecule has 96 valence electrons. The van der Waals surface area contributed by atoms with E-state index < -0.39 is 15.8 Å². The first-order valence-electron chi connectivity index (χ1n) is 5.42. The third-order valence-electron chi connectivity index (χ3n) is 2.25. The highest BCUT2D eigenvalue weighted by atomic mass is 32.2. The zero-order valence-corrected chi connectivity index (χ0v) is 10.5. The van der Waals surface area contributed by atoms with Crippen molar-refractivity contribution in [2.45, 2.75) is 30.7 Å². The van der Waals surface area contributed by atoms with Gasteiger partial charge in [-0.05, 0) is 44.0 Å². The fourth-order valence-corrected chi connectivity index (χ4v) is 2.40. The number of nitrogens with one attached hydrogen (secondary N) is 1. The van der Waals surface area contributed by atoms with E-state index in [0.29, 0.717) is 13.0 Å². The lowest BCUT2D eigenvalue weighted by Gasteiger charge is -2.07. The highest BCUT2D eigenvalue weighted by Crippen LogP contribution is 2.09. The van der Waals surface area contributed by atoms with E-state index in [2.05, 4.69) is 4.72 Å². The summed E-state index contributed by atoms with van der Waals surface area (Å²) in [5, 5.41) is 0. The summed E-state index contributed by atoms with van der Waals surface area (Å²) in [4.78, 5) is 0.0692. The lowest BCUT2D eigenvalue weighted by molar-refractivity contribution is 0.567. The first-order chi connectivity index (χ1) is 7.92. The van der Waals surface area contributed by atoms with Gasteiger partial charge >= 0.3 is 0 Å². The normalized spacial score (nSPS) is 13.6. The standard InChI is InChI=1S/C11H17FN2O2S/c1-9(13)3-2-8-14-17(15,16)11-6-4-10(12)5-7-11/h4-7,9,14H,2-3,8,13H2,1H3. The molecule has 0 bridgehead atoms. The summed E-state index contributed by atoms with van der Waals surface area (Å²) >= 11 is 0. The Hall–Kier alpha value is -0.980. The van der Waals surface area contributed by atoms with Gasteiger partial charge in [-0.15, -0.1) is 0 Å². The summed E-state index contributed by atoms with van der Waals surface area (Å²) in [6.45, 7) is 2.20. The third-order valence-corrected chi connectivity index (χ3v) is 3.73. The molecule has 1 atom stereocenters. The maximum Gasteiger partial charge on any atom is 0.240 e. The Labute approximate surface area is 101 Å². The van der Waals surface area contributed by atoms with Gasteiger partial charge in [0.1, 0.15) is 5.82 Å². The number of nitrogens with two attached hydrogens (primary N) is 1. The summed E-state index contributed by atoms with van der Waals surface area (Å²) in [5.41, 5.74) is 5.55. The number of hydrogen-bond donors (Lipinski definition) is 2. The van der Waals surface area contributed by atoms with Gasteiger partial charge in [0.2, 0.25) is 10.0 Å². The zero-order chi connectivity index (χ0) is 12.9. The SMILES string of the molecule is CC(N)CCCNS(=O)(=O)c1ccc(F)cc1. The summed E-state index contributed by atoms with van der Waals surface area (Å²) in [5.74, 6) is -0.457. The van der Waals surface area contributed by atoms with Crippen LogP contribution in [-0.2, 0) is 10.0 Å². The fraction of sp³-hybridized carbons (Fsp3) is 0.455. The monoisotopic (exact) mass is 260 g/mol. The molecule has 1 aromatic rings. The maximum absolute atomic E-state index is 12.6. The minimum Gasteiger partial charge on any atom is -0.328 e. The van der Waals surface area contributed by atoms with Gasteiger partial charge in [-0.2, -0.15) is 0 Å². The van der Waals surface area contributed by atoms with Crippen LogP contribution in [-0.4, -0.2) is 21.0 Å². The number of rotatable bonds is 6. The molecule has 3 N–H and O–H groups in total. The van der Waals surface area contributed by atoms with Crippen LogP contribution in [0.1, 0.15) is 19.8 Å². The Morgan fingerprint density at radius 1 is 1.35 bits per heavy atom. The number of halogens is 1. The van der Waals surface area contributed by atoms with Gasteiger partial charge in [-0.3, -0.25) is 0 Å². The van der Waals surface area contributed by atoms with Gasteiger partial charge < -0.3 is 5.73 Å². The van der Waals surface area contributed by atoms with Crippen molar-refractivity contribution in [3.63, 3.8) is 0 Å². The van der Waals surface area contributed by atoms with Gasteiger partial charge in [0, 0.05) is 12.6 Å².